The van der Waals surface area contributed by atoms with Crippen LogP contribution in [0.25, 0.3) is 0 Å². The molecule has 0 amide bonds. The van der Waals surface area contributed by atoms with Gasteiger partial charge in [-0.3, -0.25) is 0 Å². The van der Waals surface area contributed by atoms with Crippen LogP contribution in [-0.4, -0.2) is 16.0 Å². The molecule has 2 unspecified atom stereocenters. The molecule has 1 heterocycles. The Morgan fingerprint density at radius 1 is 1.25 bits per heavy atom. The molecule has 0 radical (unpaired) electrons. The molecule has 3 rings (SSSR count). The van der Waals surface area contributed by atoms with Gasteiger partial charge in [0.25, 0.3) is 0 Å². The van der Waals surface area contributed by atoms with Crippen LogP contribution >= 0.6 is 11.6 Å². The first kappa shape index (κ1) is 13.4. The third-order valence-electron chi connectivity index (χ3n) is 3.73. The Bertz CT molecular complexity index is 586. The zero-order valence-corrected chi connectivity index (χ0v) is 12.3. The fourth-order valence-corrected chi connectivity index (χ4v) is 2.81. The highest BCUT2D eigenvalue weighted by molar-refractivity contribution is 6.30. The molecule has 0 spiro atoms. The van der Waals surface area contributed by atoms with Gasteiger partial charge in [-0.2, -0.15) is 0 Å². The Morgan fingerprint density at radius 2 is 2.05 bits per heavy atom. The third kappa shape index (κ3) is 2.78. The lowest BCUT2D eigenvalue weighted by Gasteiger charge is -2.11. The predicted octanol–water partition coefficient (Wildman–Crippen LogP) is 4.05. The Labute approximate surface area is 124 Å². The molecule has 4 heteroatoms. The van der Waals surface area contributed by atoms with Crippen molar-refractivity contribution in [2.24, 2.45) is 0 Å². The van der Waals surface area contributed by atoms with Gasteiger partial charge >= 0.3 is 0 Å². The number of nitrogens with one attached hydrogen (secondary N) is 1. The molecule has 0 bridgehead atoms. The monoisotopic (exact) mass is 287 g/mol. The summed E-state index contributed by atoms with van der Waals surface area (Å²) in [6.07, 6.45) is 4.63. The van der Waals surface area contributed by atoms with Crippen molar-refractivity contribution in [2.45, 2.75) is 38.1 Å². The minimum atomic E-state index is 0.457. The van der Waals surface area contributed by atoms with Crippen LogP contribution in [0.1, 0.15) is 36.8 Å². The van der Waals surface area contributed by atoms with Crippen LogP contribution in [0.2, 0.25) is 5.15 Å². The highest BCUT2D eigenvalue weighted by Gasteiger charge is 2.38. The van der Waals surface area contributed by atoms with E-state index in [1.54, 1.807) is 0 Å². The second-order valence-electron chi connectivity index (χ2n) is 5.25. The van der Waals surface area contributed by atoms with Crippen molar-refractivity contribution >= 4 is 17.4 Å². The lowest BCUT2D eigenvalue weighted by molar-refractivity contribution is 0.894. The quantitative estimate of drug-likeness (QED) is 0.843. The summed E-state index contributed by atoms with van der Waals surface area (Å²) >= 11 is 6.17. The van der Waals surface area contributed by atoms with Crippen LogP contribution in [-0.2, 0) is 6.42 Å². The molecule has 3 nitrogen and oxygen atoms in total. The van der Waals surface area contributed by atoms with Gasteiger partial charge < -0.3 is 5.32 Å². The van der Waals surface area contributed by atoms with Crippen molar-refractivity contribution in [3.05, 3.63) is 52.9 Å². The van der Waals surface area contributed by atoms with Crippen molar-refractivity contribution < 1.29 is 0 Å². The average Bonchev–Trinajstić information content (AvgIpc) is 3.23. The molecule has 1 aromatic carbocycles. The fourth-order valence-electron chi connectivity index (χ4n) is 2.59. The summed E-state index contributed by atoms with van der Waals surface area (Å²) in [5.41, 5.74) is 2.43. The minimum Gasteiger partial charge on any atom is -0.366 e. The summed E-state index contributed by atoms with van der Waals surface area (Å²) in [4.78, 5) is 8.44. The van der Waals surface area contributed by atoms with E-state index in [9.17, 15) is 0 Å². The van der Waals surface area contributed by atoms with Gasteiger partial charge in [0, 0.05) is 17.5 Å². The van der Waals surface area contributed by atoms with Gasteiger partial charge in [0.05, 0.1) is 0 Å². The molecule has 104 valence electrons. The lowest BCUT2D eigenvalue weighted by Crippen LogP contribution is -2.09. The number of hydrogen-bond acceptors (Lipinski definition) is 3. The van der Waals surface area contributed by atoms with E-state index in [0.717, 1.165) is 30.6 Å². The normalized spacial score (nSPS) is 20.7. The highest BCUT2D eigenvalue weighted by Crippen LogP contribution is 2.43. The number of rotatable bonds is 5. The molecule has 1 aliphatic rings. The number of nitrogens with zero attached hydrogens (tertiary/aromatic N) is 2. The average molecular weight is 288 g/mol. The maximum atomic E-state index is 6.17. The van der Waals surface area contributed by atoms with Crippen molar-refractivity contribution in [2.75, 3.05) is 5.32 Å². The van der Waals surface area contributed by atoms with Gasteiger partial charge in [0.15, 0.2) is 0 Å². The van der Waals surface area contributed by atoms with E-state index < -0.39 is 0 Å². The molecule has 1 N–H and O–H groups in total. The molecule has 0 aliphatic heterocycles. The summed E-state index contributed by atoms with van der Waals surface area (Å²) in [5, 5.41) is 4.09. The molecule has 1 fully saturated rings. The summed E-state index contributed by atoms with van der Waals surface area (Å²) in [6, 6.07) is 11.1. The zero-order chi connectivity index (χ0) is 13.9. The topological polar surface area (TPSA) is 37.8 Å². The second-order valence-corrected chi connectivity index (χ2v) is 5.60. The van der Waals surface area contributed by atoms with Crippen molar-refractivity contribution in [3.8, 4) is 0 Å². The van der Waals surface area contributed by atoms with Crippen molar-refractivity contribution in [3.63, 3.8) is 0 Å². The number of aromatic nitrogens is 2. The Kier molecular flexibility index (Phi) is 3.88. The van der Waals surface area contributed by atoms with E-state index in [4.69, 9.17) is 11.6 Å². The van der Waals surface area contributed by atoms with E-state index in [1.807, 2.05) is 0 Å². The highest BCUT2D eigenvalue weighted by atomic mass is 35.5. The van der Waals surface area contributed by atoms with Crippen LogP contribution in [0, 0.1) is 0 Å². The number of anilines is 1. The number of hydrogen-bond donors (Lipinski definition) is 1. The summed E-state index contributed by atoms with van der Waals surface area (Å²) < 4.78 is 0. The molecule has 1 saturated carbocycles. The lowest BCUT2D eigenvalue weighted by atomic mass is 10.1. The van der Waals surface area contributed by atoms with Gasteiger partial charge in [-0.15, -0.1) is 0 Å². The van der Waals surface area contributed by atoms with Crippen LogP contribution in [0.4, 0.5) is 5.82 Å². The van der Waals surface area contributed by atoms with Crippen molar-refractivity contribution in [1.29, 1.82) is 0 Å². The maximum Gasteiger partial charge on any atom is 0.137 e. The SMILES string of the molecule is CCCc1c(Cl)ncnc1NC1CC1c1ccccc1. The Balaban J connectivity index is 1.72. The summed E-state index contributed by atoms with van der Waals surface area (Å²) in [5.74, 6) is 1.48. The third-order valence-corrected chi connectivity index (χ3v) is 4.06. The molecular formula is C16H18ClN3. The summed E-state index contributed by atoms with van der Waals surface area (Å²) in [6.45, 7) is 2.14. The van der Waals surface area contributed by atoms with Crippen LogP contribution in [0.15, 0.2) is 36.7 Å². The molecule has 2 atom stereocenters. The Morgan fingerprint density at radius 3 is 2.80 bits per heavy atom. The molecule has 2 aromatic rings. The van der Waals surface area contributed by atoms with Gasteiger partial charge in [0.1, 0.15) is 17.3 Å². The van der Waals surface area contributed by atoms with E-state index >= 15 is 0 Å². The van der Waals surface area contributed by atoms with Crippen molar-refractivity contribution in [1.82, 2.24) is 9.97 Å². The minimum absolute atomic E-state index is 0.457. The largest absolute Gasteiger partial charge is 0.366 e. The van der Waals surface area contributed by atoms with Gasteiger partial charge in [-0.1, -0.05) is 55.3 Å². The van der Waals surface area contributed by atoms with Crippen LogP contribution in [0.5, 0.6) is 0 Å². The standard InChI is InChI=1S/C16H18ClN3/c1-2-6-12-15(17)18-10-19-16(12)20-14-9-13(14)11-7-4-3-5-8-11/h3-5,7-8,10,13-14H,2,6,9H2,1H3,(H,18,19,20). The second kappa shape index (κ2) is 5.80. The van der Waals surface area contributed by atoms with Crippen LogP contribution in [0.3, 0.4) is 0 Å². The van der Waals surface area contributed by atoms with E-state index in [0.29, 0.717) is 17.1 Å². The Hall–Kier alpha value is -1.61. The predicted molar refractivity (Wildman–Crippen MR) is 82.2 cm³/mol. The molecule has 1 aromatic heterocycles. The van der Waals surface area contributed by atoms with E-state index in [1.165, 1.54) is 11.9 Å². The molecule has 1 aliphatic carbocycles. The molecule has 20 heavy (non-hydrogen) atoms. The van der Waals surface area contributed by atoms with E-state index in [-0.39, 0.29) is 0 Å². The van der Waals surface area contributed by atoms with Gasteiger partial charge in [-0.05, 0) is 18.4 Å². The first-order valence-electron chi connectivity index (χ1n) is 7.10. The smallest absolute Gasteiger partial charge is 0.137 e. The van der Waals surface area contributed by atoms with Gasteiger partial charge in [0.2, 0.25) is 0 Å². The summed E-state index contributed by atoms with van der Waals surface area (Å²) in [7, 11) is 0. The maximum absolute atomic E-state index is 6.17. The van der Waals surface area contributed by atoms with E-state index in [2.05, 4.69) is 52.5 Å². The first-order valence-corrected chi connectivity index (χ1v) is 7.48. The first-order chi connectivity index (χ1) is 9.79. The van der Waals surface area contributed by atoms with Crippen LogP contribution < -0.4 is 5.32 Å². The molecule has 0 saturated heterocycles. The zero-order valence-electron chi connectivity index (χ0n) is 11.5. The molecular weight excluding hydrogens is 270 g/mol. The number of halogens is 1. The number of benzene rings is 1. The van der Waals surface area contributed by atoms with Gasteiger partial charge in [-0.25, -0.2) is 9.97 Å². The fraction of sp³-hybridized carbons (Fsp3) is 0.375.